The number of hydrogen-bond donors (Lipinski definition) is 0. The van der Waals surface area contributed by atoms with Gasteiger partial charge in [-0.1, -0.05) is 17.6 Å². The van der Waals surface area contributed by atoms with Crippen LogP contribution < -0.4 is 61.6 Å². The van der Waals surface area contributed by atoms with Gasteiger partial charge >= 0.3 is 58.4 Å². The third kappa shape index (κ3) is 4.06. The molecule has 94 valence electrons. The van der Waals surface area contributed by atoms with Gasteiger partial charge in [0.2, 0.25) is 0 Å². The van der Waals surface area contributed by atoms with Crippen LogP contribution in [0.5, 0.6) is 5.75 Å². The van der Waals surface area contributed by atoms with E-state index in [2.05, 4.69) is 4.98 Å². The molecule has 2 aromatic rings. The molecule has 0 bridgehead atoms. The standard InChI is InChI=1S/C12H10BF3NO.K/c1-18-12-3-2-10(8-11(12)13(14,15)16)9-4-6-17-7-5-9;/h2-8H,1H3;/q-1;+1. The summed E-state index contributed by atoms with van der Waals surface area (Å²) in [6.07, 6.45) is 3.08. The third-order valence-electron chi connectivity index (χ3n) is 2.60. The molecule has 0 saturated carbocycles. The largest absolute Gasteiger partial charge is 1.00 e. The first-order valence-corrected chi connectivity index (χ1v) is 5.30. The molecule has 0 amide bonds. The molecule has 0 N–H and O–H groups in total. The SMILES string of the molecule is COc1ccc(-c2ccncc2)cc1[B-](F)(F)F.[K+]. The third-order valence-corrected chi connectivity index (χ3v) is 2.60. The van der Waals surface area contributed by atoms with Crippen LogP contribution >= 0.6 is 0 Å². The Kier molecular flexibility index (Phi) is 6.07. The van der Waals surface area contributed by atoms with Crippen molar-refractivity contribution in [2.75, 3.05) is 7.11 Å². The normalized spacial score (nSPS) is 10.7. The van der Waals surface area contributed by atoms with E-state index in [4.69, 9.17) is 4.74 Å². The minimum Gasteiger partial charge on any atom is -0.500 e. The predicted octanol–water partition coefficient (Wildman–Crippen LogP) is -0.184. The molecule has 0 atom stereocenters. The Morgan fingerprint density at radius 3 is 2.16 bits per heavy atom. The summed E-state index contributed by atoms with van der Waals surface area (Å²) in [5, 5.41) is 0. The van der Waals surface area contributed by atoms with Crippen molar-refractivity contribution in [1.29, 1.82) is 0 Å². The molecule has 19 heavy (non-hydrogen) atoms. The van der Waals surface area contributed by atoms with Crippen LogP contribution in [0.1, 0.15) is 0 Å². The molecule has 0 unspecified atom stereocenters. The summed E-state index contributed by atoms with van der Waals surface area (Å²) in [6.45, 7) is -5.10. The summed E-state index contributed by atoms with van der Waals surface area (Å²) in [5.41, 5.74) is 0.466. The van der Waals surface area contributed by atoms with Crippen molar-refractivity contribution in [3.8, 4) is 16.9 Å². The number of pyridine rings is 1. The molecular weight excluding hydrogens is 281 g/mol. The minimum absolute atomic E-state index is 0. The molecule has 0 radical (unpaired) electrons. The molecule has 7 heteroatoms. The van der Waals surface area contributed by atoms with Crippen LogP contribution in [0.4, 0.5) is 12.9 Å². The van der Waals surface area contributed by atoms with Crippen molar-refractivity contribution in [2.24, 2.45) is 0 Å². The Hall–Kier alpha value is -0.339. The molecular formula is C12H10BF3KNO. The van der Waals surface area contributed by atoms with E-state index in [0.29, 0.717) is 11.1 Å². The summed E-state index contributed by atoms with van der Waals surface area (Å²) in [4.78, 5) is 3.83. The first-order valence-electron chi connectivity index (χ1n) is 5.30. The molecule has 1 aromatic heterocycles. The summed E-state index contributed by atoms with van der Waals surface area (Å²) in [6, 6.07) is 7.36. The van der Waals surface area contributed by atoms with Crippen molar-refractivity contribution < 1.29 is 69.1 Å². The molecule has 0 aliphatic heterocycles. The average molecular weight is 291 g/mol. The molecule has 1 aromatic carbocycles. The molecule has 2 nitrogen and oxygen atoms in total. The topological polar surface area (TPSA) is 22.1 Å². The van der Waals surface area contributed by atoms with Crippen LogP contribution in [0, 0.1) is 0 Å². The second-order valence-corrected chi connectivity index (χ2v) is 3.77. The first kappa shape index (κ1) is 16.7. The summed E-state index contributed by atoms with van der Waals surface area (Å²) >= 11 is 0. The maximum Gasteiger partial charge on any atom is 1.00 e. The summed E-state index contributed by atoms with van der Waals surface area (Å²) in [5.74, 6) is -0.152. The Morgan fingerprint density at radius 1 is 1.00 bits per heavy atom. The Balaban J connectivity index is 0.00000180. The quantitative estimate of drug-likeness (QED) is 0.732. The molecule has 0 spiro atoms. The van der Waals surface area contributed by atoms with Crippen LogP contribution in [-0.2, 0) is 0 Å². The van der Waals surface area contributed by atoms with Crippen molar-refractivity contribution in [1.82, 2.24) is 4.98 Å². The number of ether oxygens (including phenoxy) is 1. The number of nitrogens with zero attached hydrogens (tertiary/aromatic N) is 1. The van der Waals surface area contributed by atoms with Gasteiger partial charge in [0.25, 0.3) is 0 Å². The van der Waals surface area contributed by atoms with Crippen LogP contribution in [0.2, 0.25) is 0 Å². The zero-order chi connectivity index (χ0) is 13.2. The number of methoxy groups -OCH3 is 1. The van der Waals surface area contributed by atoms with Gasteiger partial charge in [-0.15, -0.1) is 0 Å². The van der Waals surface area contributed by atoms with Gasteiger partial charge in [0, 0.05) is 12.4 Å². The molecule has 0 aliphatic rings. The van der Waals surface area contributed by atoms with Gasteiger partial charge in [-0.2, -0.15) is 0 Å². The Morgan fingerprint density at radius 2 is 1.63 bits per heavy atom. The molecule has 0 aliphatic carbocycles. The monoisotopic (exact) mass is 291 g/mol. The first-order chi connectivity index (χ1) is 8.52. The van der Waals surface area contributed by atoms with E-state index in [1.54, 1.807) is 18.2 Å². The number of rotatable bonds is 3. The zero-order valence-corrected chi connectivity index (χ0v) is 13.7. The smallest absolute Gasteiger partial charge is 0.500 e. The molecule has 0 fully saturated rings. The van der Waals surface area contributed by atoms with Gasteiger partial charge in [-0.05, 0) is 29.3 Å². The Bertz CT molecular complexity index is 548. The van der Waals surface area contributed by atoms with E-state index >= 15 is 0 Å². The number of hydrogen-bond acceptors (Lipinski definition) is 2. The van der Waals surface area contributed by atoms with Gasteiger partial charge in [-0.3, -0.25) is 4.98 Å². The Labute approximate surface area is 151 Å². The average Bonchev–Trinajstić information content (AvgIpc) is 2.38. The second-order valence-electron chi connectivity index (χ2n) is 3.77. The minimum atomic E-state index is -5.10. The fourth-order valence-corrected chi connectivity index (χ4v) is 1.71. The molecule has 0 saturated heterocycles. The second kappa shape index (κ2) is 6.90. The van der Waals surface area contributed by atoms with E-state index in [1.165, 1.54) is 25.6 Å². The fraction of sp³-hybridized carbons (Fsp3) is 0.0833. The summed E-state index contributed by atoms with van der Waals surface area (Å²) in [7, 11) is 1.23. The number of benzene rings is 1. The predicted molar refractivity (Wildman–Crippen MR) is 64.9 cm³/mol. The molecule has 2 rings (SSSR count). The summed E-state index contributed by atoms with van der Waals surface area (Å²) < 4.78 is 43.4. The molecule has 1 heterocycles. The van der Waals surface area contributed by atoms with E-state index in [9.17, 15) is 12.9 Å². The van der Waals surface area contributed by atoms with Crippen molar-refractivity contribution in [3.63, 3.8) is 0 Å². The van der Waals surface area contributed by atoms with E-state index < -0.39 is 12.4 Å². The van der Waals surface area contributed by atoms with Crippen LogP contribution in [0.25, 0.3) is 11.1 Å². The fourth-order valence-electron chi connectivity index (χ4n) is 1.71. The van der Waals surface area contributed by atoms with Gasteiger partial charge in [-0.25, -0.2) is 0 Å². The van der Waals surface area contributed by atoms with E-state index in [0.717, 1.165) is 6.07 Å². The van der Waals surface area contributed by atoms with Gasteiger partial charge in [0.1, 0.15) is 0 Å². The van der Waals surface area contributed by atoms with E-state index in [1.807, 2.05) is 0 Å². The van der Waals surface area contributed by atoms with Crippen LogP contribution in [0.3, 0.4) is 0 Å². The van der Waals surface area contributed by atoms with Gasteiger partial charge < -0.3 is 17.7 Å². The van der Waals surface area contributed by atoms with Gasteiger partial charge in [0.15, 0.2) is 0 Å². The maximum absolute atomic E-state index is 12.9. The van der Waals surface area contributed by atoms with E-state index in [-0.39, 0.29) is 57.1 Å². The van der Waals surface area contributed by atoms with Crippen LogP contribution in [0.15, 0.2) is 42.7 Å². The zero-order valence-electron chi connectivity index (χ0n) is 10.6. The maximum atomic E-state index is 12.9. The van der Waals surface area contributed by atoms with Crippen LogP contribution in [-0.4, -0.2) is 19.1 Å². The van der Waals surface area contributed by atoms with Crippen molar-refractivity contribution in [3.05, 3.63) is 42.7 Å². The van der Waals surface area contributed by atoms with Gasteiger partial charge in [0.05, 0.1) is 12.9 Å². The number of aromatic nitrogens is 1. The number of halogens is 3. The van der Waals surface area contributed by atoms with Crippen molar-refractivity contribution in [2.45, 2.75) is 0 Å². The van der Waals surface area contributed by atoms with Crippen molar-refractivity contribution >= 4 is 12.4 Å².